The minimum Gasteiger partial charge on any atom is -0.469 e. The maximum Gasteiger partial charge on any atom is 0.411 e. The van der Waals surface area contributed by atoms with E-state index >= 15 is 0 Å². The van der Waals surface area contributed by atoms with Gasteiger partial charge in [-0.2, -0.15) is 4.98 Å². The molecule has 11 heteroatoms. The predicted molar refractivity (Wildman–Crippen MR) is 145 cm³/mol. The highest BCUT2D eigenvalue weighted by Crippen LogP contribution is 2.37. The first-order valence-corrected chi connectivity index (χ1v) is 13.7. The molecule has 1 saturated heterocycles. The van der Waals surface area contributed by atoms with Gasteiger partial charge in [-0.15, -0.1) is 0 Å². The molecule has 2 fully saturated rings. The number of carbonyl (C=O) groups is 2. The molecule has 39 heavy (non-hydrogen) atoms. The minimum atomic E-state index is -0.641. The molecular formula is C28H37N5O6. The fourth-order valence-electron chi connectivity index (χ4n) is 5.34. The highest BCUT2D eigenvalue weighted by molar-refractivity contribution is 6.02. The van der Waals surface area contributed by atoms with E-state index in [1.807, 2.05) is 27.7 Å². The number of carbonyl (C=O) groups excluding carboxylic acids is 2. The zero-order valence-electron chi connectivity index (χ0n) is 23.0. The maximum absolute atomic E-state index is 13.7. The number of morpholine rings is 1. The number of aromatic nitrogens is 2. The highest BCUT2D eigenvalue weighted by atomic mass is 16.6. The van der Waals surface area contributed by atoms with Crippen LogP contribution in [0.4, 0.5) is 16.4 Å². The predicted octanol–water partition coefficient (Wildman–Crippen LogP) is 3.46. The third-order valence-corrected chi connectivity index (χ3v) is 7.40. The molecule has 1 aromatic heterocycles. The highest BCUT2D eigenvalue weighted by Gasteiger charge is 2.38. The van der Waals surface area contributed by atoms with Crippen molar-refractivity contribution in [2.75, 3.05) is 43.1 Å². The molecule has 5 rings (SSSR count). The lowest BCUT2D eigenvalue weighted by Gasteiger charge is -2.34. The van der Waals surface area contributed by atoms with E-state index in [0.29, 0.717) is 74.1 Å². The van der Waals surface area contributed by atoms with Crippen molar-refractivity contribution >= 4 is 23.6 Å². The van der Waals surface area contributed by atoms with Crippen LogP contribution in [0, 0.1) is 0 Å². The average molecular weight is 540 g/mol. The van der Waals surface area contributed by atoms with Crippen molar-refractivity contribution in [2.45, 2.75) is 70.8 Å². The summed E-state index contributed by atoms with van der Waals surface area (Å²) in [6.07, 6.45) is 0.393. The van der Waals surface area contributed by atoms with Gasteiger partial charge in [-0.3, -0.25) is 10.1 Å². The number of rotatable bonds is 5. The van der Waals surface area contributed by atoms with E-state index in [2.05, 4.69) is 10.2 Å². The Morgan fingerprint density at radius 2 is 2.00 bits per heavy atom. The van der Waals surface area contributed by atoms with Crippen molar-refractivity contribution < 1.29 is 28.9 Å². The van der Waals surface area contributed by atoms with Crippen LogP contribution in [0.3, 0.4) is 0 Å². The van der Waals surface area contributed by atoms with Crippen LogP contribution < -0.4 is 15.0 Å². The number of ether oxygens (including phenoxy) is 3. The standard InChI is InChI=1S/C28H37N5O6/c1-5-32-16-28(3,4)39-24-22(25(32)35)23(30-26(31-24)33-13-14-37-15-17(33)2)18-9-11-19(12-10-18)29-27(36)38-21-8-6-7-20(21)34/h9-12,17,20-21,34H,5-8,13-16H2,1-4H3,(H,29,36)/t17-,20+,21-/m0/s1. The number of fused-ring (bicyclic) bond motifs is 1. The summed E-state index contributed by atoms with van der Waals surface area (Å²) in [5, 5.41) is 12.7. The summed E-state index contributed by atoms with van der Waals surface area (Å²) in [5.41, 5.74) is 1.36. The molecule has 11 nitrogen and oxygen atoms in total. The second-order valence-electron chi connectivity index (χ2n) is 11.0. The van der Waals surface area contributed by atoms with E-state index in [1.54, 1.807) is 29.2 Å². The third kappa shape index (κ3) is 5.79. The molecule has 1 saturated carbocycles. The number of likely N-dealkylation sites (N-methyl/N-ethyl adjacent to an activating group) is 1. The summed E-state index contributed by atoms with van der Waals surface area (Å²) < 4.78 is 17.3. The molecule has 2 aromatic rings. The van der Waals surface area contributed by atoms with Gasteiger partial charge in [-0.1, -0.05) is 12.1 Å². The van der Waals surface area contributed by atoms with Crippen molar-refractivity contribution in [3.05, 3.63) is 29.8 Å². The van der Waals surface area contributed by atoms with Gasteiger partial charge < -0.3 is 29.1 Å². The molecule has 2 aliphatic heterocycles. The van der Waals surface area contributed by atoms with Gasteiger partial charge in [0.15, 0.2) is 0 Å². The minimum absolute atomic E-state index is 0.0576. The molecule has 0 radical (unpaired) electrons. The topological polar surface area (TPSA) is 126 Å². The van der Waals surface area contributed by atoms with E-state index in [0.717, 1.165) is 6.42 Å². The zero-order chi connectivity index (χ0) is 27.7. The lowest BCUT2D eigenvalue weighted by molar-refractivity contribution is 0.0287. The van der Waals surface area contributed by atoms with Crippen molar-refractivity contribution in [1.29, 1.82) is 0 Å². The number of amides is 2. The zero-order valence-corrected chi connectivity index (χ0v) is 23.0. The second-order valence-corrected chi connectivity index (χ2v) is 11.0. The quantitative estimate of drug-likeness (QED) is 0.587. The van der Waals surface area contributed by atoms with Gasteiger partial charge in [0.1, 0.15) is 17.3 Å². The van der Waals surface area contributed by atoms with Gasteiger partial charge in [0.2, 0.25) is 11.8 Å². The van der Waals surface area contributed by atoms with Gasteiger partial charge in [0.05, 0.1) is 37.6 Å². The van der Waals surface area contributed by atoms with Crippen LogP contribution in [0.1, 0.15) is 57.3 Å². The van der Waals surface area contributed by atoms with Gasteiger partial charge in [-0.05, 0) is 59.1 Å². The Morgan fingerprint density at radius 3 is 2.67 bits per heavy atom. The Labute approximate surface area is 228 Å². The van der Waals surface area contributed by atoms with Crippen LogP contribution in [0.15, 0.2) is 24.3 Å². The molecule has 0 unspecified atom stereocenters. The van der Waals surface area contributed by atoms with E-state index in [4.69, 9.17) is 24.2 Å². The largest absolute Gasteiger partial charge is 0.469 e. The Kier molecular flexibility index (Phi) is 7.64. The van der Waals surface area contributed by atoms with Gasteiger partial charge >= 0.3 is 6.09 Å². The molecule has 3 heterocycles. The van der Waals surface area contributed by atoms with E-state index < -0.39 is 23.9 Å². The molecule has 2 N–H and O–H groups in total. The molecular weight excluding hydrogens is 502 g/mol. The van der Waals surface area contributed by atoms with Crippen molar-refractivity contribution in [2.24, 2.45) is 0 Å². The van der Waals surface area contributed by atoms with Crippen molar-refractivity contribution in [1.82, 2.24) is 14.9 Å². The number of hydrogen-bond donors (Lipinski definition) is 2. The lowest BCUT2D eigenvalue weighted by Crippen LogP contribution is -2.44. The molecule has 210 valence electrons. The molecule has 3 atom stereocenters. The number of aliphatic hydroxyl groups excluding tert-OH is 1. The molecule has 2 amide bonds. The normalized spacial score (nSPS) is 24.5. The van der Waals surface area contributed by atoms with Crippen LogP contribution in [0.5, 0.6) is 5.88 Å². The SMILES string of the molecule is CCN1CC(C)(C)Oc2nc(N3CCOC[C@@H]3C)nc(-c3ccc(NC(=O)O[C@H]4CCC[C@H]4O)cc3)c2C1=O. The Bertz CT molecular complexity index is 1220. The molecule has 1 aliphatic carbocycles. The summed E-state index contributed by atoms with van der Waals surface area (Å²) in [4.78, 5) is 39.6. The Balaban J connectivity index is 1.49. The number of nitrogens with one attached hydrogen (secondary N) is 1. The van der Waals surface area contributed by atoms with Crippen LogP contribution in [0.25, 0.3) is 11.3 Å². The maximum atomic E-state index is 13.7. The van der Waals surface area contributed by atoms with Gasteiger partial charge in [0.25, 0.3) is 5.91 Å². The van der Waals surface area contributed by atoms with Crippen LogP contribution in [-0.2, 0) is 9.47 Å². The summed E-state index contributed by atoms with van der Waals surface area (Å²) in [7, 11) is 0. The van der Waals surface area contributed by atoms with Crippen molar-refractivity contribution in [3.8, 4) is 17.1 Å². The van der Waals surface area contributed by atoms with Crippen molar-refractivity contribution in [3.63, 3.8) is 0 Å². The van der Waals surface area contributed by atoms with Gasteiger partial charge in [0, 0.05) is 24.3 Å². The van der Waals surface area contributed by atoms with Crippen LogP contribution >= 0.6 is 0 Å². The molecule has 1 aromatic carbocycles. The van der Waals surface area contributed by atoms with E-state index in [9.17, 15) is 14.7 Å². The number of aliphatic hydroxyl groups is 1. The number of benzene rings is 1. The second kappa shape index (κ2) is 11.0. The first-order chi connectivity index (χ1) is 18.6. The smallest absolute Gasteiger partial charge is 0.411 e. The fraction of sp³-hybridized carbons (Fsp3) is 0.571. The number of nitrogens with zero attached hydrogens (tertiary/aromatic N) is 4. The monoisotopic (exact) mass is 539 g/mol. The number of anilines is 2. The lowest BCUT2D eigenvalue weighted by atomic mass is 10.0. The first kappa shape index (κ1) is 27.1. The summed E-state index contributed by atoms with van der Waals surface area (Å²) >= 11 is 0. The van der Waals surface area contributed by atoms with Crippen LogP contribution in [-0.4, -0.2) is 88.7 Å². The Morgan fingerprint density at radius 1 is 1.23 bits per heavy atom. The Hall–Kier alpha value is -3.44. The average Bonchev–Trinajstić information content (AvgIpc) is 3.26. The first-order valence-electron chi connectivity index (χ1n) is 13.7. The molecule has 0 bridgehead atoms. The summed E-state index contributed by atoms with van der Waals surface area (Å²) in [6, 6.07) is 7.12. The fourth-order valence-corrected chi connectivity index (χ4v) is 5.34. The van der Waals surface area contributed by atoms with Crippen LogP contribution in [0.2, 0.25) is 0 Å². The van der Waals surface area contributed by atoms with E-state index in [-0.39, 0.29) is 17.8 Å². The molecule has 3 aliphatic rings. The summed E-state index contributed by atoms with van der Waals surface area (Å²) in [5.74, 6) is 0.560. The molecule has 0 spiro atoms. The third-order valence-electron chi connectivity index (χ3n) is 7.40. The summed E-state index contributed by atoms with van der Waals surface area (Å²) in [6.45, 7) is 10.6. The number of hydrogen-bond acceptors (Lipinski definition) is 9. The van der Waals surface area contributed by atoms with Gasteiger partial charge in [-0.25, -0.2) is 9.78 Å². The van der Waals surface area contributed by atoms with E-state index in [1.165, 1.54) is 0 Å².